The number of rotatable bonds is 5. The molecule has 7 nitrogen and oxygen atoms in total. The predicted octanol–water partition coefficient (Wildman–Crippen LogP) is 4.07. The van der Waals surface area contributed by atoms with Gasteiger partial charge in [0.05, 0.1) is 0 Å². The van der Waals surface area contributed by atoms with Crippen LogP contribution in [0.5, 0.6) is 17.2 Å². The largest absolute Gasteiger partial charge is 0.462 e. The number of carbonyl (C=O) groups excluding carboxylic acids is 1. The molecule has 0 spiro atoms. The van der Waals surface area contributed by atoms with E-state index in [2.05, 4.69) is 5.32 Å². The van der Waals surface area contributed by atoms with Gasteiger partial charge in [-0.3, -0.25) is 5.21 Å². The Bertz CT molecular complexity index is 778. The molecule has 2 amide bonds. The number of ether oxygens (including phenoxy) is 3. The van der Waals surface area contributed by atoms with Crippen molar-refractivity contribution in [3.8, 4) is 17.2 Å². The molecule has 3 N–H and O–H groups in total. The summed E-state index contributed by atoms with van der Waals surface area (Å²) >= 11 is 0. The Labute approximate surface area is 151 Å². The maximum Gasteiger partial charge on any atom is 0.342 e. The summed E-state index contributed by atoms with van der Waals surface area (Å²) in [7, 11) is 0. The van der Waals surface area contributed by atoms with Gasteiger partial charge in [-0.15, -0.1) is 0 Å². The Balaban J connectivity index is 1.70. The molecule has 0 fully saturated rings. The highest BCUT2D eigenvalue weighted by Gasteiger charge is 2.32. The summed E-state index contributed by atoms with van der Waals surface area (Å²) in [5.41, 5.74) is 3.17. The Morgan fingerprint density at radius 2 is 1.96 bits per heavy atom. The van der Waals surface area contributed by atoms with E-state index in [4.69, 9.17) is 19.4 Å². The van der Waals surface area contributed by atoms with E-state index in [0.29, 0.717) is 23.8 Å². The summed E-state index contributed by atoms with van der Waals surface area (Å²) in [6.07, 6.45) is 1.70. The Morgan fingerprint density at radius 3 is 2.65 bits per heavy atom. The van der Waals surface area contributed by atoms with Crippen LogP contribution in [0.4, 0.5) is 10.5 Å². The highest BCUT2D eigenvalue weighted by Crippen LogP contribution is 2.37. The Hall–Kier alpha value is -2.77. The Kier molecular flexibility index (Phi) is 5.29. The van der Waals surface area contributed by atoms with Crippen LogP contribution in [0, 0.1) is 0 Å². The van der Waals surface area contributed by atoms with Crippen molar-refractivity contribution >= 4 is 11.7 Å². The van der Waals surface area contributed by atoms with E-state index in [1.54, 1.807) is 24.3 Å². The maximum atomic E-state index is 11.1. The van der Waals surface area contributed by atoms with E-state index >= 15 is 0 Å². The fraction of sp³-hybridized carbons (Fsp3) is 0.316. The molecular weight excluding hydrogens is 336 g/mol. The van der Waals surface area contributed by atoms with Crippen molar-refractivity contribution in [1.29, 1.82) is 0 Å². The number of benzene rings is 2. The molecule has 2 aromatic rings. The third kappa shape index (κ3) is 4.25. The molecule has 138 valence electrons. The molecule has 1 atom stereocenters. The van der Waals surface area contributed by atoms with E-state index < -0.39 is 11.8 Å². The number of anilines is 1. The molecule has 0 bridgehead atoms. The van der Waals surface area contributed by atoms with Crippen molar-refractivity contribution in [2.24, 2.45) is 0 Å². The molecule has 0 saturated carbocycles. The molecule has 0 aromatic heterocycles. The highest BCUT2D eigenvalue weighted by molar-refractivity contribution is 5.88. The third-order valence-corrected chi connectivity index (χ3v) is 4.11. The van der Waals surface area contributed by atoms with Crippen LogP contribution in [-0.2, 0) is 11.2 Å². The first-order valence-corrected chi connectivity index (χ1v) is 8.46. The van der Waals surface area contributed by atoms with Crippen molar-refractivity contribution in [3.05, 3.63) is 48.0 Å². The van der Waals surface area contributed by atoms with Crippen LogP contribution in [0.1, 0.15) is 25.8 Å². The fourth-order valence-corrected chi connectivity index (χ4v) is 2.85. The van der Waals surface area contributed by atoms with Gasteiger partial charge in [0.25, 0.3) is 0 Å². The van der Waals surface area contributed by atoms with Gasteiger partial charge in [-0.05, 0) is 49.2 Å². The van der Waals surface area contributed by atoms with Crippen LogP contribution in [0.3, 0.4) is 0 Å². The lowest BCUT2D eigenvalue weighted by molar-refractivity contribution is -0.176. The minimum atomic E-state index is -0.706. The van der Waals surface area contributed by atoms with Gasteiger partial charge in [0, 0.05) is 31.7 Å². The first kappa shape index (κ1) is 18.0. The van der Waals surface area contributed by atoms with Crippen LogP contribution in [0.2, 0.25) is 0 Å². The quantitative estimate of drug-likeness (QED) is 0.554. The highest BCUT2D eigenvalue weighted by atomic mass is 16.7. The number of carbonyl (C=O) groups is 1. The van der Waals surface area contributed by atoms with Gasteiger partial charge < -0.3 is 19.5 Å². The zero-order chi connectivity index (χ0) is 18.6. The lowest BCUT2D eigenvalue weighted by Crippen LogP contribution is -2.39. The Morgan fingerprint density at radius 1 is 1.23 bits per heavy atom. The van der Waals surface area contributed by atoms with Gasteiger partial charge in [0.1, 0.15) is 17.2 Å². The lowest BCUT2D eigenvalue weighted by Gasteiger charge is -2.35. The second-order valence-corrected chi connectivity index (χ2v) is 6.13. The van der Waals surface area contributed by atoms with Crippen LogP contribution in [-0.4, -0.2) is 23.6 Å². The van der Waals surface area contributed by atoms with Gasteiger partial charge in [-0.25, -0.2) is 10.3 Å². The third-order valence-electron chi connectivity index (χ3n) is 4.11. The minimum absolute atomic E-state index is 0.533. The van der Waals surface area contributed by atoms with E-state index in [0.717, 1.165) is 24.2 Å². The maximum absolute atomic E-state index is 11.1. The molecule has 0 saturated heterocycles. The van der Waals surface area contributed by atoms with Crippen molar-refractivity contribution in [1.82, 2.24) is 5.48 Å². The molecule has 3 rings (SSSR count). The molecule has 1 aliphatic heterocycles. The van der Waals surface area contributed by atoms with Crippen molar-refractivity contribution in [3.63, 3.8) is 0 Å². The van der Waals surface area contributed by atoms with Gasteiger partial charge in [-0.1, -0.05) is 6.07 Å². The zero-order valence-corrected chi connectivity index (χ0v) is 14.7. The standard InChI is InChI=1S/C19H22N2O5/c1-3-24-19(2)11-10-13-4-7-16(12-17(13)26-19)25-15-8-5-14(6-9-15)20-18(22)21-23/h4-9,12,23H,3,10-11H2,1-2H3,(H2,20,21,22). The van der Waals surface area contributed by atoms with E-state index in [9.17, 15) is 4.79 Å². The molecular formula is C19H22N2O5. The monoisotopic (exact) mass is 358 g/mol. The lowest BCUT2D eigenvalue weighted by atomic mass is 10.0. The molecule has 7 heteroatoms. The van der Waals surface area contributed by atoms with Crippen LogP contribution in [0.15, 0.2) is 42.5 Å². The van der Waals surface area contributed by atoms with Crippen molar-refractivity contribution in [2.75, 3.05) is 11.9 Å². The summed E-state index contributed by atoms with van der Waals surface area (Å²) < 4.78 is 17.6. The first-order valence-electron chi connectivity index (χ1n) is 8.46. The normalized spacial score (nSPS) is 18.4. The summed E-state index contributed by atoms with van der Waals surface area (Å²) in [4.78, 5) is 11.1. The number of hydrogen-bond donors (Lipinski definition) is 3. The van der Waals surface area contributed by atoms with E-state index in [1.807, 2.05) is 32.0 Å². The van der Waals surface area contributed by atoms with Crippen molar-refractivity contribution < 1.29 is 24.2 Å². The molecule has 1 heterocycles. The molecule has 1 aliphatic rings. The molecule has 0 radical (unpaired) electrons. The summed E-state index contributed by atoms with van der Waals surface area (Å²) in [5.74, 6) is 1.42. The van der Waals surface area contributed by atoms with Crippen LogP contribution in [0.25, 0.3) is 0 Å². The minimum Gasteiger partial charge on any atom is -0.462 e. The predicted molar refractivity (Wildman–Crippen MR) is 95.9 cm³/mol. The van der Waals surface area contributed by atoms with Gasteiger partial charge in [-0.2, -0.15) is 0 Å². The van der Waals surface area contributed by atoms with Gasteiger partial charge in [0.15, 0.2) is 0 Å². The second-order valence-electron chi connectivity index (χ2n) is 6.13. The first-order chi connectivity index (χ1) is 12.5. The number of aryl methyl sites for hydroxylation is 1. The number of urea groups is 1. The summed E-state index contributed by atoms with van der Waals surface area (Å²) in [5, 5.41) is 11.0. The zero-order valence-electron chi connectivity index (χ0n) is 14.7. The summed E-state index contributed by atoms with van der Waals surface area (Å²) in [6.45, 7) is 4.49. The average Bonchev–Trinajstić information content (AvgIpc) is 2.63. The number of fused-ring (bicyclic) bond motifs is 1. The average molecular weight is 358 g/mol. The second kappa shape index (κ2) is 7.63. The van der Waals surface area contributed by atoms with E-state index in [-0.39, 0.29) is 0 Å². The number of hydroxylamine groups is 1. The van der Waals surface area contributed by atoms with E-state index in [1.165, 1.54) is 5.48 Å². The smallest absolute Gasteiger partial charge is 0.342 e. The molecule has 26 heavy (non-hydrogen) atoms. The van der Waals surface area contributed by atoms with Crippen LogP contribution >= 0.6 is 0 Å². The number of nitrogens with one attached hydrogen (secondary N) is 2. The van der Waals surface area contributed by atoms with Crippen molar-refractivity contribution in [2.45, 2.75) is 32.5 Å². The molecule has 1 unspecified atom stereocenters. The molecule has 2 aromatic carbocycles. The fourth-order valence-electron chi connectivity index (χ4n) is 2.85. The number of amides is 2. The summed E-state index contributed by atoms with van der Waals surface area (Å²) in [6, 6.07) is 11.8. The van der Waals surface area contributed by atoms with Crippen LogP contribution < -0.4 is 20.3 Å². The van der Waals surface area contributed by atoms with Gasteiger partial charge in [0.2, 0.25) is 5.79 Å². The SMILES string of the molecule is CCOC1(C)CCc2ccc(Oc3ccc(NC(=O)NO)cc3)cc2O1. The number of hydrogen-bond acceptors (Lipinski definition) is 5. The van der Waals surface area contributed by atoms with Gasteiger partial charge >= 0.3 is 6.03 Å². The molecule has 0 aliphatic carbocycles. The topological polar surface area (TPSA) is 89.1 Å².